The van der Waals surface area contributed by atoms with Gasteiger partial charge in [0.05, 0.1) is 6.20 Å². The molecule has 0 bridgehead atoms. The van der Waals surface area contributed by atoms with Crippen LogP contribution in [0.1, 0.15) is 26.3 Å². The molecule has 0 spiro atoms. The average Bonchev–Trinajstić information content (AvgIpc) is 2.40. The van der Waals surface area contributed by atoms with Gasteiger partial charge in [-0.05, 0) is 30.5 Å². The Kier molecular flexibility index (Phi) is 6.08. The van der Waals surface area contributed by atoms with Crippen LogP contribution in [-0.4, -0.2) is 34.6 Å². The van der Waals surface area contributed by atoms with Gasteiger partial charge in [0, 0.05) is 18.3 Å². The third-order valence-corrected chi connectivity index (χ3v) is 3.23. The molecule has 1 atom stereocenters. The molecule has 0 aliphatic carbocycles. The third-order valence-electron chi connectivity index (χ3n) is 3.23. The molecule has 0 aliphatic rings. The molecule has 1 rings (SSSR count). The Hall–Kier alpha value is -1.92. The van der Waals surface area contributed by atoms with Crippen LogP contribution in [0, 0.1) is 11.7 Å². The number of nitrogens with zero attached hydrogens (tertiary/aromatic N) is 2. The Balaban J connectivity index is 2.92. The molecule has 1 aromatic rings. The highest BCUT2D eigenvalue weighted by Crippen LogP contribution is 2.21. The fraction of sp³-hybridized carbons (Fsp3) is 0.467. The van der Waals surface area contributed by atoms with Crippen molar-refractivity contribution in [1.29, 1.82) is 0 Å². The summed E-state index contributed by atoms with van der Waals surface area (Å²) in [5.41, 5.74) is 0.303. The number of aromatic nitrogens is 1. The second-order valence-corrected chi connectivity index (χ2v) is 5.34. The summed E-state index contributed by atoms with van der Waals surface area (Å²) >= 11 is 0. The zero-order valence-electron chi connectivity index (χ0n) is 12.6. The molecule has 0 fully saturated rings. The second kappa shape index (κ2) is 7.38. The van der Waals surface area contributed by atoms with Crippen molar-refractivity contribution in [1.82, 2.24) is 9.88 Å². The van der Waals surface area contributed by atoms with E-state index in [1.165, 1.54) is 12.3 Å². The number of carbonyl (C=O) groups is 1. The standard InChI is InChI=1S/C15H18F4N2O/c1-10(2)11(3)21(9-15(17,18)19)14(22)5-4-12-6-13(16)8-20-7-12/h4-8,10-11H,9H2,1-3H3/b5-4+/t11-/m1/s1. The van der Waals surface area contributed by atoms with Crippen LogP contribution in [0.3, 0.4) is 0 Å². The van der Waals surface area contributed by atoms with E-state index in [-0.39, 0.29) is 5.92 Å². The molecular formula is C15H18F4N2O. The molecular weight excluding hydrogens is 300 g/mol. The summed E-state index contributed by atoms with van der Waals surface area (Å²) in [4.78, 5) is 16.4. The predicted molar refractivity (Wildman–Crippen MR) is 75.3 cm³/mol. The van der Waals surface area contributed by atoms with Crippen LogP contribution in [0.25, 0.3) is 6.08 Å². The lowest BCUT2D eigenvalue weighted by molar-refractivity contribution is -0.163. The van der Waals surface area contributed by atoms with E-state index in [1.54, 1.807) is 20.8 Å². The van der Waals surface area contributed by atoms with E-state index in [0.717, 1.165) is 23.2 Å². The fourth-order valence-corrected chi connectivity index (χ4v) is 1.76. The molecule has 0 aromatic carbocycles. The van der Waals surface area contributed by atoms with Gasteiger partial charge in [0.1, 0.15) is 12.4 Å². The van der Waals surface area contributed by atoms with Gasteiger partial charge in [0.2, 0.25) is 5.91 Å². The smallest absolute Gasteiger partial charge is 0.327 e. The van der Waals surface area contributed by atoms with Gasteiger partial charge in [-0.15, -0.1) is 0 Å². The van der Waals surface area contributed by atoms with E-state index < -0.39 is 30.5 Å². The Morgan fingerprint density at radius 3 is 2.45 bits per heavy atom. The largest absolute Gasteiger partial charge is 0.406 e. The molecule has 1 heterocycles. The van der Waals surface area contributed by atoms with E-state index in [2.05, 4.69) is 4.98 Å². The maximum Gasteiger partial charge on any atom is 0.406 e. The summed E-state index contributed by atoms with van der Waals surface area (Å²) in [6.45, 7) is 3.71. The maximum absolute atomic E-state index is 13.0. The lowest BCUT2D eigenvalue weighted by Crippen LogP contribution is -2.45. The van der Waals surface area contributed by atoms with Gasteiger partial charge >= 0.3 is 6.18 Å². The highest BCUT2D eigenvalue weighted by Gasteiger charge is 2.35. The van der Waals surface area contributed by atoms with E-state index in [4.69, 9.17) is 0 Å². The molecule has 0 unspecified atom stereocenters. The van der Waals surface area contributed by atoms with Crippen LogP contribution in [0.4, 0.5) is 17.6 Å². The number of amides is 1. The molecule has 7 heteroatoms. The van der Waals surface area contributed by atoms with Gasteiger partial charge in [0.15, 0.2) is 0 Å². The van der Waals surface area contributed by atoms with Crippen molar-refractivity contribution in [2.75, 3.05) is 6.54 Å². The highest BCUT2D eigenvalue weighted by atomic mass is 19.4. The van der Waals surface area contributed by atoms with Crippen molar-refractivity contribution in [2.45, 2.75) is 33.0 Å². The van der Waals surface area contributed by atoms with Gasteiger partial charge < -0.3 is 4.90 Å². The zero-order valence-corrected chi connectivity index (χ0v) is 12.6. The summed E-state index contributed by atoms with van der Waals surface area (Å²) in [6, 6.07) is 0.556. The SMILES string of the molecule is CC(C)[C@@H](C)N(CC(F)(F)F)C(=O)/C=C/c1cncc(F)c1. The van der Waals surface area contributed by atoms with Crippen LogP contribution in [-0.2, 0) is 4.79 Å². The number of alkyl halides is 3. The lowest BCUT2D eigenvalue weighted by atomic mass is 10.0. The van der Waals surface area contributed by atoms with Gasteiger partial charge in [-0.2, -0.15) is 13.2 Å². The van der Waals surface area contributed by atoms with Crippen molar-refractivity contribution < 1.29 is 22.4 Å². The molecule has 0 saturated heterocycles. The van der Waals surface area contributed by atoms with E-state index in [0.29, 0.717) is 5.56 Å². The predicted octanol–water partition coefficient (Wildman–Crippen LogP) is 3.67. The first-order valence-corrected chi connectivity index (χ1v) is 6.76. The monoisotopic (exact) mass is 318 g/mol. The lowest BCUT2D eigenvalue weighted by Gasteiger charge is -2.31. The Labute approximate surface area is 126 Å². The number of hydrogen-bond acceptors (Lipinski definition) is 2. The molecule has 122 valence electrons. The number of pyridine rings is 1. The van der Waals surface area contributed by atoms with Crippen molar-refractivity contribution in [3.8, 4) is 0 Å². The maximum atomic E-state index is 13.0. The summed E-state index contributed by atoms with van der Waals surface area (Å²) in [5.74, 6) is -1.49. The topological polar surface area (TPSA) is 33.2 Å². The Bertz CT molecular complexity index is 541. The molecule has 0 aliphatic heterocycles. The van der Waals surface area contributed by atoms with E-state index >= 15 is 0 Å². The van der Waals surface area contributed by atoms with Crippen LogP contribution in [0.5, 0.6) is 0 Å². The van der Waals surface area contributed by atoms with Crippen LogP contribution >= 0.6 is 0 Å². The Morgan fingerprint density at radius 2 is 1.95 bits per heavy atom. The second-order valence-electron chi connectivity index (χ2n) is 5.34. The molecule has 1 amide bonds. The minimum atomic E-state index is -4.48. The molecule has 0 saturated carbocycles. The Morgan fingerprint density at radius 1 is 1.32 bits per heavy atom. The van der Waals surface area contributed by atoms with Crippen LogP contribution < -0.4 is 0 Å². The summed E-state index contributed by atoms with van der Waals surface area (Å²) in [5, 5.41) is 0. The van der Waals surface area contributed by atoms with Gasteiger partial charge in [0.25, 0.3) is 0 Å². The van der Waals surface area contributed by atoms with Crippen molar-refractivity contribution in [3.05, 3.63) is 35.9 Å². The van der Waals surface area contributed by atoms with Crippen molar-refractivity contribution in [3.63, 3.8) is 0 Å². The number of carbonyl (C=O) groups excluding carboxylic acids is 1. The quantitative estimate of drug-likeness (QED) is 0.613. The summed E-state index contributed by atoms with van der Waals surface area (Å²) < 4.78 is 50.9. The average molecular weight is 318 g/mol. The van der Waals surface area contributed by atoms with Gasteiger partial charge in [-0.25, -0.2) is 4.39 Å². The molecule has 22 heavy (non-hydrogen) atoms. The van der Waals surface area contributed by atoms with Crippen molar-refractivity contribution >= 4 is 12.0 Å². The number of halogens is 4. The van der Waals surface area contributed by atoms with Gasteiger partial charge in [-0.3, -0.25) is 9.78 Å². The summed E-state index contributed by atoms with van der Waals surface area (Å²) in [7, 11) is 0. The first-order valence-electron chi connectivity index (χ1n) is 6.76. The van der Waals surface area contributed by atoms with Crippen LogP contribution in [0.15, 0.2) is 24.5 Å². The molecule has 1 aromatic heterocycles. The molecule has 0 radical (unpaired) electrons. The van der Waals surface area contributed by atoms with Gasteiger partial charge in [-0.1, -0.05) is 13.8 Å². The van der Waals surface area contributed by atoms with E-state index in [9.17, 15) is 22.4 Å². The molecule has 3 nitrogen and oxygen atoms in total. The number of hydrogen-bond donors (Lipinski definition) is 0. The third kappa shape index (κ3) is 5.83. The zero-order chi connectivity index (χ0) is 16.9. The van der Waals surface area contributed by atoms with Crippen molar-refractivity contribution in [2.24, 2.45) is 5.92 Å². The normalized spacial score (nSPS) is 13.6. The number of rotatable bonds is 5. The first-order chi connectivity index (χ1) is 10.1. The minimum absolute atomic E-state index is 0.129. The highest BCUT2D eigenvalue weighted by molar-refractivity contribution is 5.92. The molecule has 0 N–H and O–H groups in total. The fourth-order valence-electron chi connectivity index (χ4n) is 1.76. The first kappa shape index (κ1) is 18.1. The van der Waals surface area contributed by atoms with Crippen LogP contribution in [0.2, 0.25) is 0 Å². The van der Waals surface area contributed by atoms with E-state index in [1.807, 2.05) is 0 Å². The summed E-state index contributed by atoms with van der Waals surface area (Å²) in [6.07, 6.45) is 0.0752. The minimum Gasteiger partial charge on any atom is -0.327 e.